The zero-order valence-electron chi connectivity index (χ0n) is 21.9. The second kappa shape index (κ2) is 13.4. The maximum Gasteiger partial charge on any atom is 0.244 e. The van der Waals surface area contributed by atoms with E-state index in [1.165, 1.54) is 11.0 Å². The molecule has 202 valence electrons. The van der Waals surface area contributed by atoms with Gasteiger partial charge in [-0.3, -0.25) is 13.9 Å². The summed E-state index contributed by atoms with van der Waals surface area (Å²) in [7, 11) is -3.85. The number of nitrogens with zero attached hydrogens (tertiary/aromatic N) is 2. The number of halogens is 1. The molecule has 2 amide bonds. The van der Waals surface area contributed by atoms with Gasteiger partial charge in [0.1, 0.15) is 12.6 Å². The van der Waals surface area contributed by atoms with Crippen LogP contribution in [0, 0.1) is 6.92 Å². The normalized spacial score (nSPS) is 12.0. The van der Waals surface area contributed by atoms with E-state index in [1.54, 1.807) is 19.1 Å². The van der Waals surface area contributed by atoms with E-state index in [2.05, 4.69) is 5.32 Å². The number of hydrogen-bond acceptors (Lipinski definition) is 4. The van der Waals surface area contributed by atoms with Crippen molar-refractivity contribution in [2.24, 2.45) is 0 Å². The number of amides is 2. The van der Waals surface area contributed by atoms with Crippen LogP contribution in [0.15, 0.2) is 78.9 Å². The van der Waals surface area contributed by atoms with Crippen LogP contribution in [0.25, 0.3) is 0 Å². The smallest absolute Gasteiger partial charge is 0.244 e. The van der Waals surface area contributed by atoms with E-state index < -0.39 is 28.5 Å². The van der Waals surface area contributed by atoms with Crippen molar-refractivity contribution in [3.8, 4) is 0 Å². The number of sulfonamides is 1. The Labute approximate surface area is 230 Å². The first-order valence-electron chi connectivity index (χ1n) is 12.5. The van der Waals surface area contributed by atoms with Crippen molar-refractivity contribution in [3.05, 3.63) is 101 Å². The molecule has 9 heteroatoms. The highest BCUT2D eigenvalue weighted by Gasteiger charge is 2.33. The van der Waals surface area contributed by atoms with Gasteiger partial charge in [-0.2, -0.15) is 0 Å². The lowest BCUT2D eigenvalue weighted by Crippen LogP contribution is -2.53. The maximum absolute atomic E-state index is 14.0. The third-order valence-corrected chi connectivity index (χ3v) is 7.50. The molecule has 0 radical (unpaired) electrons. The van der Waals surface area contributed by atoms with Crippen molar-refractivity contribution in [1.82, 2.24) is 10.2 Å². The summed E-state index contributed by atoms with van der Waals surface area (Å²) in [6.45, 7) is 3.85. The van der Waals surface area contributed by atoms with Crippen LogP contribution in [0.3, 0.4) is 0 Å². The molecule has 1 N–H and O–H groups in total. The van der Waals surface area contributed by atoms with Gasteiger partial charge in [-0.05, 0) is 42.2 Å². The minimum atomic E-state index is -3.85. The average Bonchev–Trinajstić information content (AvgIpc) is 2.89. The SMILES string of the molecule is CCCNC(=O)[C@H](Cc1ccccc1)N(Cc1ccccc1)C(=O)CN(c1cc(Cl)ccc1C)S(C)(=O)=O. The first-order chi connectivity index (χ1) is 18.1. The number of carbonyl (C=O) groups is 2. The standard InChI is InChI=1S/C29H34ClN3O4S/c1-4-17-31-29(35)27(18-23-11-7-5-8-12-23)32(20-24-13-9-6-10-14-24)28(34)21-33(38(3,36)37)26-19-25(30)16-15-22(26)2/h5-16,19,27H,4,17-18,20-21H2,1-3H3,(H,31,35)/t27-/m0/s1. The van der Waals surface area contributed by atoms with Gasteiger partial charge in [0.2, 0.25) is 21.8 Å². The van der Waals surface area contributed by atoms with Crippen LogP contribution in [0.1, 0.15) is 30.0 Å². The molecule has 0 saturated heterocycles. The van der Waals surface area contributed by atoms with Crippen molar-refractivity contribution < 1.29 is 18.0 Å². The van der Waals surface area contributed by atoms with Crippen molar-refractivity contribution in [1.29, 1.82) is 0 Å². The number of benzene rings is 3. The topological polar surface area (TPSA) is 86.8 Å². The van der Waals surface area contributed by atoms with E-state index in [0.29, 0.717) is 22.8 Å². The quantitative estimate of drug-likeness (QED) is 0.354. The van der Waals surface area contributed by atoms with E-state index in [1.807, 2.05) is 67.6 Å². The van der Waals surface area contributed by atoms with Gasteiger partial charge in [-0.1, -0.05) is 85.3 Å². The van der Waals surface area contributed by atoms with Gasteiger partial charge in [0, 0.05) is 24.5 Å². The van der Waals surface area contributed by atoms with Crippen LogP contribution in [-0.2, 0) is 32.6 Å². The van der Waals surface area contributed by atoms with E-state index in [4.69, 9.17) is 11.6 Å². The van der Waals surface area contributed by atoms with Crippen LogP contribution in [-0.4, -0.2) is 50.5 Å². The molecule has 0 aliphatic carbocycles. The molecule has 3 rings (SSSR count). The van der Waals surface area contributed by atoms with E-state index in [-0.39, 0.29) is 18.9 Å². The molecule has 0 aliphatic heterocycles. The van der Waals surface area contributed by atoms with Gasteiger partial charge in [-0.25, -0.2) is 8.42 Å². The van der Waals surface area contributed by atoms with Crippen LogP contribution >= 0.6 is 11.6 Å². The summed E-state index contributed by atoms with van der Waals surface area (Å²) in [6, 6.07) is 22.9. The van der Waals surface area contributed by atoms with Crippen LogP contribution in [0.2, 0.25) is 5.02 Å². The summed E-state index contributed by atoms with van der Waals surface area (Å²) < 4.78 is 26.8. The number of hydrogen-bond donors (Lipinski definition) is 1. The summed E-state index contributed by atoms with van der Waals surface area (Å²) >= 11 is 6.18. The Morgan fingerprint density at radius 1 is 0.947 bits per heavy atom. The van der Waals surface area contributed by atoms with Crippen molar-refractivity contribution in [2.75, 3.05) is 23.7 Å². The molecule has 38 heavy (non-hydrogen) atoms. The van der Waals surface area contributed by atoms with Gasteiger partial charge in [-0.15, -0.1) is 0 Å². The lowest BCUT2D eigenvalue weighted by atomic mass is 10.0. The highest BCUT2D eigenvalue weighted by molar-refractivity contribution is 7.92. The van der Waals surface area contributed by atoms with E-state index in [0.717, 1.165) is 28.1 Å². The molecule has 0 heterocycles. The highest BCUT2D eigenvalue weighted by atomic mass is 35.5. The highest BCUT2D eigenvalue weighted by Crippen LogP contribution is 2.27. The first kappa shape index (κ1) is 29.2. The Hall–Kier alpha value is -3.36. The molecule has 0 saturated carbocycles. The van der Waals surface area contributed by atoms with Gasteiger partial charge in [0.05, 0.1) is 11.9 Å². The van der Waals surface area contributed by atoms with Gasteiger partial charge in [0.25, 0.3) is 0 Å². The predicted molar refractivity (Wildman–Crippen MR) is 153 cm³/mol. The minimum absolute atomic E-state index is 0.142. The third-order valence-electron chi connectivity index (χ3n) is 6.14. The second-order valence-electron chi connectivity index (χ2n) is 9.20. The lowest BCUT2D eigenvalue weighted by Gasteiger charge is -2.33. The predicted octanol–water partition coefficient (Wildman–Crippen LogP) is 4.58. The molecule has 0 aliphatic rings. The second-order valence-corrected chi connectivity index (χ2v) is 11.5. The molecule has 0 aromatic heterocycles. The third kappa shape index (κ3) is 8.07. The fourth-order valence-electron chi connectivity index (χ4n) is 4.15. The number of anilines is 1. The van der Waals surface area contributed by atoms with Crippen LogP contribution in [0.5, 0.6) is 0 Å². The monoisotopic (exact) mass is 555 g/mol. The number of rotatable bonds is 12. The largest absolute Gasteiger partial charge is 0.354 e. The molecule has 1 atom stereocenters. The fraction of sp³-hybridized carbons (Fsp3) is 0.310. The molecule has 0 fully saturated rings. The van der Waals surface area contributed by atoms with E-state index in [9.17, 15) is 18.0 Å². The number of aryl methyl sites for hydroxylation is 1. The van der Waals surface area contributed by atoms with Crippen molar-refractivity contribution in [2.45, 2.75) is 39.3 Å². The summed E-state index contributed by atoms with van der Waals surface area (Å²) in [5.74, 6) is -0.781. The molecule has 3 aromatic carbocycles. The summed E-state index contributed by atoms with van der Waals surface area (Å²) in [6.07, 6.45) is 2.08. The molecule has 0 spiro atoms. The Morgan fingerprint density at radius 2 is 1.55 bits per heavy atom. The van der Waals surface area contributed by atoms with Gasteiger partial charge < -0.3 is 10.2 Å². The zero-order chi connectivity index (χ0) is 27.7. The van der Waals surface area contributed by atoms with Crippen molar-refractivity contribution >= 4 is 39.1 Å². The van der Waals surface area contributed by atoms with E-state index >= 15 is 0 Å². The Bertz CT molecular complexity index is 1330. The average molecular weight is 556 g/mol. The van der Waals surface area contributed by atoms with Gasteiger partial charge in [0.15, 0.2) is 0 Å². The number of nitrogens with one attached hydrogen (secondary N) is 1. The molecular formula is C29H34ClN3O4S. The summed E-state index contributed by atoms with van der Waals surface area (Å²) in [5, 5.41) is 3.28. The van der Waals surface area contributed by atoms with Crippen molar-refractivity contribution in [3.63, 3.8) is 0 Å². The first-order valence-corrected chi connectivity index (χ1v) is 14.7. The van der Waals surface area contributed by atoms with Crippen LogP contribution in [0.4, 0.5) is 5.69 Å². The zero-order valence-corrected chi connectivity index (χ0v) is 23.5. The van der Waals surface area contributed by atoms with Gasteiger partial charge >= 0.3 is 0 Å². The Balaban J connectivity index is 2.04. The Morgan fingerprint density at radius 3 is 2.13 bits per heavy atom. The lowest BCUT2D eigenvalue weighted by molar-refractivity contribution is -0.140. The van der Waals surface area contributed by atoms with Crippen LogP contribution < -0.4 is 9.62 Å². The summed E-state index contributed by atoms with van der Waals surface area (Å²) in [5.41, 5.74) is 2.69. The fourth-order valence-corrected chi connectivity index (χ4v) is 5.21. The summed E-state index contributed by atoms with van der Waals surface area (Å²) in [4.78, 5) is 28.9. The minimum Gasteiger partial charge on any atom is -0.354 e. The Kier molecular flexibility index (Phi) is 10.3. The number of carbonyl (C=O) groups excluding carboxylic acids is 2. The maximum atomic E-state index is 14.0. The molecular weight excluding hydrogens is 522 g/mol. The molecule has 3 aromatic rings. The molecule has 0 bridgehead atoms. The molecule has 7 nitrogen and oxygen atoms in total. The molecule has 0 unspecified atom stereocenters.